The van der Waals surface area contributed by atoms with Gasteiger partial charge in [0.1, 0.15) is 5.82 Å². The highest BCUT2D eigenvalue weighted by molar-refractivity contribution is 6.42. The van der Waals surface area contributed by atoms with Gasteiger partial charge in [0.05, 0.1) is 22.9 Å². The molecule has 136 valence electrons. The van der Waals surface area contributed by atoms with Gasteiger partial charge in [-0.3, -0.25) is 4.79 Å². The summed E-state index contributed by atoms with van der Waals surface area (Å²) in [7, 11) is 0. The van der Waals surface area contributed by atoms with E-state index in [1.165, 1.54) is 6.26 Å². The summed E-state index contributed by atoms with van der Waals surface area (Å²) < 4.78 is 7.24. The second-order valence-corrected chi connectivity index (χ2v) is 7.04. The lowest BCUT2D eigenvalue weighted by atomic mass is 10.2. The molecule has 0 radical (unpaired) electrons. The van der Waals surface area contributed by atoms with Crippen LogP contribution in [0.5, 0.6) is 0 Å². The maximum atomic E-state index is 12.7. The van der Waals surface area contributed by atoms with Crippen molar-refractivity contribution < 1.29 is 9.21 Å². The molecule has 1 aromatic carbocycles. The molecule has 0 spiro atoms. The Bertz CT molecular complexity index is 888. The fraction of sp³-hybridized carbons (Fsp3) is 0.263. The van der Waals surface area contributed by atoms with E-state index in [-0.39, 0.29) is 11.9 Å². The normalized spacial score (nSPS) is 11.1. The van der Waals surface area contributed by atoms with Crippen molar-refractivity contribution in [2.45, 2.75) is 33.0 Å². The Labute approximate surface area is 162 Å². The number of nitrogens with zero attached hydrogens (tertiary/aromatic N) is 3. The monoisotopic (exact) mass is 391 g/mol. The average molecular weight is 392 g/mol. The van der Waals surface area contributed by atoms with Crippen LogP contribution in [-0.2, 0) is 13.1 Å². The van der Waals surface area contributed by atoms with Crippen LogP contribution in [0.3, 0.4) is 0 Å². The second kappa shape index (κ2) is 7.98. The van der Waals surface area contributed by atoms with E-state index in [0.717, 1.165) is 11.4 Å². The summed E-state index contributed by atoms with van der Waals surface area (Å²) >= 11 is 12.1. The molecule has 0 fully saturated rings. The van der Waals surface area contributed by atoms with Gasteiger partial charge < -0.3 is 13.9 Å². The van der Waals surface area contributed by atoms with Crippen molar-refractivity contribution >= 4 is 29.1 Å². The van der Waals surface area contributed by atoms with Gasteiger partial charge in [-0.05, 0) is 43.7 Å². The van der Waals surface area contributed by atoms with Crippen molar-refractivity contribution in [1.82, 2.24) is 14.5 Å². The summed E-state index contributed by atoms with van der Waals surface area (Å²) in [5, 5.41) is 1.04. The minimum atomic E-state index is -0.158. The topological polar surface area (TPSA) is 51.3 Å². The number of carbonyl (C=O) groups is 1. The largest absolute Gasteiger partial charge is 0.459 e. The predicted octanol–water partition coefficient (Wildman–Crippen LogP) is 4.88. The lowest BCUT2D eigenvalue weighted by Gasteiger charge is -2.25. The Hall–Kier alpha value is -2.24. The lowest BCUT2D eigenvalue weighted by molar-refractivity contribution is 0.0650. The molecule has 7 heteroatoms. The summed E-state index contributed by atoms with van der Waals surface area (Å²) in [6, 6.07) is 8.91. The highest BCUT2D eigenvalue weighted by Crippen LogP contribution is 2.23. The zero-order valence-corrected chi connectivity index (χ0v) is 16.0. The number of furan rings is 1. The molecular formula is C19H19Cl2N3O2. The van der Waals surface area contributed by atoms with Gasteiger partial charge in [0.15, 0.2) is 5.76 Å². The molecule has 0 aliphatic rings. The van der Waals surface area contributed by atoms with E-state index in [0.29, 0.717) is 28.9 Å². The first-order chi connectivity index (χ1) is 12.5. The van der Waals surface area contributed by atoms with E-state index in [1.54, 1.807) is 29.3 Å². The van der Waals surface area contributed by atoms with Crippen molar-refractivity contribution in [1.29, 1.82) is 0 Å². The minimum absolute atomic E-state index is 0.00252. The maximum absolute atomic E-state index is 12.7. The van der Waals surface area contributed by atoms with E-state index in [2.05, 4.69) is 4.98 Å². The first kappa shape index (κ1) is 18.5. The fourth-order valence-corrected chi connectivity index (χ4v) is 2.97. The number of carbonyl (C=O) groups excluding carboxylic acids is 1. The molecule has 0 aliphatic heterocycles. The first-order valence-electron chi connectivity index (χ1n) is 8.24. The highest BCUT2D eigenvalue weighted by atomic mass is 35.5. The molecule has 26 heavy (non-hydrogen) atoms. The maximum Gasteiger partial charge on any atom is 0.290 e. The quantitative estimate of drug-likeness (QED) is 0.601. The van der Waals surface area contributed by atoms with Crippen molar-refractivity contribution in [3.63, 3.8) is 0 Å². The summed E-state index contributed by atoms with van der Waals surface area (Å²) in [4.78, 5) is 18.8. The van der Waals surface area contributed by atoms with Crippen LogP contribution >= 0.6 is 23.2 Å². The Morgan fingerprint density at radius 1 is 1.27 bits per heavy atom. The minimum Gasteiger partial charge on any atom is -0.459 e. The Morgan fingerprint density at radius 3 is 2.73 bits per heavy atom. The van der Waals surface area contributed by atoms with Crippen LogP contribution in [0, 0.1) is 0 Å². The van der Waals surface area contributed by atoms with Crippen molar-refractivity contribution in [3.8, 4) is 0 Å². The third-order valence-electron chi connectivity index (χ3n) is 4.07. The Morgan fingerprint density at radius 2 is 2.08 bits per heavy atom. The van der Waals surface area contributed by atoms with Crippen LogP contribution in [0.1, 0.15) is 35.8 Å². The summed E-state index contributed by atoms with van der Waals surface area (Å²) in [5.41, 5.74) is 1.01. The Balaban J connectivity index is 1.80. The zero-order valence-electron chi connectivity index (χ0n) is 14.5. The molecule has 2 heterocycles. The third kappa shape index (κ3) is 4.11. The number of halogens is 2. The summed E-state index contributed by atoms with van der Waals surface area (Å²) in [6.07, 6.45) is 5.10. The van der Waals surface area contributed by atoms with Gasteiger partial charge in [-0.2, -0.15) is 0 Å². The molecule has 1 amide bonds. The number of benzene rings is 1. The van der Waals surface area contributed by atoms with Crippen LogP contribution < -0.4 is 0 Å². The number of hydrogen-bond acceptors (Lipinski definition) is 3. The Kier molecular flexibility index (Phi) is 5.69. The van der Waals surface area contributed by atoms with E-state index in [4.69, 9.17) is 27.6 Å². The molecule has 3 aromatic rings. The molecule has 0 saturated carbocycles. The first-order valence-corrected chi connectivity index (χ1v) is 8.99. The zero-order chi connectivity index (χ0) is 18.7. The highest BCUT2D eigenvalue weighted by Gasteiger charge is 2.23. The standard InChI is InChI=1S/C19H19Cl2N3O2/c1-13(2)24(19(25)17-4-3-9-26-17)12-18-22-7-8-23(18)11-14-5-6-15(20)16(21)10-14/h3-10,13H,11-12H2,1-2H3. The second-order valence-electron chi connectivity index (χ2n) is 6.22. The van der Waals surface area contributed by atoms with Crippen LogP contribution in [0.15, 0.2) is 53.4 Å². The van der Waals surface area contributed by atoms with Gasteiger partial charge in [0.25, 0.3) is 5.91 Å². The van der Waals surface area contributed by atoms with Crippen LogP contribution in [-0.4, -0.2) is 26.4 Å². The number of amides is 1. The van der Waals surface area contributed by atoms with Gasteiger partial charge >= 0.3 is 0 Å². The molecule has 3 rings (SSSR count). The van der Waals surface area contributed by atoms with Crippen molar-refractivity contribution in [2.24, 2.45) is 0 Å². The summed E-state index contributed by atoms with van der Waals surface area (Å²) in [6.45, 7) is 4.90. The van der Waals surface area contributed by atoms with Gasteiger partial charge in [0.2, 0.25) is 0 Å². The van der Waals surface area contributed by atoms with E-state index < -0.39 is 0 Å². The van der Waals surface area contributed by atoms with Crippen molar-refractivity contribution in [2.75, 3.05) is 0 Å². The number of imidazole rings is 1. The van der Waals surface area contributed by atoms with E-state index in [1.807, 2.05) is 36.7 Å². The molecule has 0 atom stereocenters. The fourth-order valence-electron chi connectivity index (χ4n) is 2.65. The third-order valence-corrected chi connectivity index (χ3v) is 4.81. The van der Waals surface area contributed by atoms with Gasteiger partial charge in [-0.1, -0.05) is 29.3 Å². The van der Waals surface area contributed by atoms with Crippen LogP contribution in [0.2, 0.25) is 10.0 Å². The smallest absolute Gasteiger partial charge is 0.290 e. The van der Waals surface area contributed by atoms with Gasteiger partial charge in [-0.25, -0.2) is 4.98 Å². The van der Waals surface area contributed by atoms with Crippen molar-refractivity contribution in [3.05, 3.63) is 76.2 Å². The number of aromatic nitrogens is 2. The van der Waals surface area contributed by atoms with Crippen LogP contribution in [0.25, 0.3) is 0 Å². The molecule has 0 unspecified atom stereocenters. The van der Waals surface area contributed by atoms with E-state index in [9.17, 15) is 4.79 Å². The molecule has 0 saturated heterocycles. The lowest BCUT2D eigenvalue weighted by Crippen LogP contribution is -2.37. The molecule has 0 aliphatic carbocycles. The predicted molar refractivity (Wildman–Crippen MR) is 102 cm³/mol. The average Bonchev–Trinajstić information content (AvgIpc) is 3.27. The summed E-state index contributed by atoms with van der Waals surface area (Å²) in [5.74, 6) is 0.944. The molecular weight excluding hydrogens is 373 g/mol. The molecule has 5 nitrogen and oxygen atoms in total. The number of rotatable bonds is 6. The number of hydrogen-bond donors (Lipinski definition) is 0. The molecule has 0 bridgehead atoms. The van der Waals surface area contributed by atoms with Gasteiger partial charge in [0, 0.05) is 25.0 Å². The molecule has 2 aromatic heterocycles. The molecule has 0 N–H and O–H groups in total. The SMILES string of the molecule is CC(C)N(Cc1nccn1Cc1ccc(Cl)c(Cl)c1)C(=O)c1ccco1. The van der Waals surface area contributed by atoms with E-state index >= 15 is 0 Å². The van der Waals surface area contributed by atoms with Gasteiger partial charge in [-0.15, -0.1) is 0 Å². The van der Waals surface area contributed by atoms with Crippen LogP contribution in [0.4, 0.5) is 0 Å².